The third kappa shape index (κ3) is 2.42. The average Bonchev–Trinajstić information content (AvgIpc) is 2.47. The van der Waals surface area contributed by atoms with Crippen LogP contribution in [0.1, 0.15) is 24.8 Å². The van der Waals surface area contributed by atoms with Crippen LogP contribution in [0.2, 0.25) is 0 Å². The Morgan fingerprint density at radius 1 is 1.24 bits per heavy atom. The number of hydrogen-bond donors (Lipinski definition) is 1. The molecule has 1 aromatic rings. The Morgan fingerprint density at radius 2 is 1.95 bits per heavy atom. The van der Waals surface area contributed by atoms with Crippen molar-refractivity contribution in [3.8, 4) is 0 Å². The zero-order chi connectivity index (χ0) is 14.9. The van der Waals surface area contributed by atoms with Gasteiger partial charge in [-0.05, 0) is 18.4 Å². The summed E-state index contributed by atoms with van der Waals surface area (Å²) in [6, 6.07) is 9.82. The molecule has 1 aliphatic carbocycles. The molecule has 1 saturated heterocycles. The van der Waals surface area contributed by atoms with E-state index < -0.39 is 17.5 Å². The van der Waals surface area contributed by atoms with Gasteiger partial charge in [-0.25, -0.2) is 4.79 Å². The van der Waals surface area contributed by atoms with E-state index >= 15 is 0 Å². The molecule has 0 radical (unpaired) electrons. The highest BCUT2D eigenvalue weighted by Crippen LogP contribution is 2.45. The van der Waals surface area contributed by atoms with Gasteiger partial charge in [0.2, 0.25) is 5.91 Å². The van der Waals surface area contributed by atoms with E-state index in [1.807, 2.05) is 30.3 Å². The smallest absolute Gasteiger partial charge is 0.334 e. The van der Waals surface area contributed by atoms with Crippen LogP contribution >= 0.6 is 0 Å². The highest BCUT2D eigenvalue weighted by Gasteiger charge is 2.48. The number of aliphatic carboxylic acids is 1. The van der Waals surface area contributed by atoms with Crippen LogP contribution < -0.4 is 0 Å². The molecule has 1 aromatic carbocycles. The molecule has 112 valence electrons. The minimum absolute atomic E-state index is 0.0505. The molecule has 1 aliphatic heterocycles. The summed E-state index contributed by atoms with van der Waals surface area (Å²) in [7, 11) is 0. The lowest BCUT2D eigenvalue weighted by Crippen LogP contribution is -2.56. The number of benzene rings is 1. The van der Waals surface area contributed by atoms with Crippen molar-refractivity contribution in [3.63, 3.8) is 0 Å². The van der Waals surface area contributed by atoms with Crippen molar-refractivity contribution in [1.29, 1.82) is 0 Å². The van der Waals surface area contributed by atoms with E-state index in [1.165, 1.54) is 0 Å². The SMILES string of the molecule is O=C(O)C1CN(C(=O)C2(c3ccccc3)CCC2)CCO1. The van der Waals surface area contributed by atoms with Gasteiger partial charge in [0.25, 0.3) is 0 Å². The summed E-state index contributed by atoms with van der Waals surface area (Å²) in [5, 5.41) is 9.07. The summed E-state index contributed by atoms with van der Waals surface area (Å²) < 4.78 is 5.20. The maximum atomic E-state index is 12.9. The first-order valence-electron chi connectivity index (χ1n) is 7.33. The fraction of sp³-hybridized carbons (Fsp3) is 0.500. The van der Waals surface area contributed by atoms with Crippen LogP contribution in [0.5, 0.6) is 0 Å². The van der Waals surface area contributed by atoms with E-state index in [0.29, 0.717) is 6.54 Å². The molecule has 1 N–H and O–H groups in total. The molecule has 1 atom stereocenters. The van der Waals surface area contributed by atoms with Crippen LogP contribution in [0.25, 0.3) is 0 Å². The number of carboxylic acid groups (broad SMARTS) is 1. The maximum Gasteiger partial charge on any atom is 0.334 e. The first kappa shape index (κ1) is 14.1. The molecule has 1 amide bonds. The predicted octanol–water partition coefficient (Wildman–Crippen LogP) is 1.42. The van der Waals surface area contributed by atoms with Gasteiger partial charge in [-0.15, -0.1) is 0 Å². The number of hydrogen-bond acceptors (Lipinski definition) is 3. The monoisotopic (exact) mass is 289 g/mol. The van der Waals surface area contributed by atoms with E-state index in [2.05, 4.69) is 0 Å². The van der Waals surface area contributed by atoms with Gasteiger partial charge < -0.3 is 14.7 Å². The first-order chi connectivity index (χ1) is 10.1. The molecule has 1 unspecified atom stereocenters. The average molecular weight is 289 g/mol. The highest BCUT2D eigenvalue weighted by atomic mass is 16.5. The van der Waals surface area contributed by atoms with Gasteiger partial charge in [-0.3, -0.25) is 4.79 Å². The van der Waals surface area contributed by atoms with E-state index in [4.69, 9.17) is 9.84 Å². The van der Waals surface area contributed by atoms with Crippen LogP contribution in [-0.2, 0) is 19.7 Å². The number of carbonyl (C=O) groups is 2. The van der Waals surface area contributed by atoms with Crippen molar-refractivity contribution in [3.05, 3.63) is 35.9 Å². The number of carbonyl (C=O) groups excluding carboxylic acids is 1. The molecule has 5 nitrogen and oxygen atoms in total. The third-order valence-corrected chi connectivity index (χ3v) is 4.57. The molecule has 2 aliphatic rings. The van der Waals surface area contributed by atoms with Crippen LogP contribution in [0.3, 0.4) is 0 Å². The van der Waals surface area contributed by atoms with Gasteiger partial charge in [-0.2, -0.15) is 0 Å². The Bertz CT molecular complexity index is 538. The zero-order valence-corrected chi connectivity index (χ0v) is 11.8. The Balaban J connectivity index is 1.81. The number of morpholine rings is 1. The van der Waals surface area contributed by atoms with Crippen molar-refractivity contribution in [2.24, 2.45) is 0 Å². The zero-order valence-electron chi connectivity index (χ0n) is 11.8. The third-order valence-electron chi connectivity index (χ3n) is 4.57. The summed E-state index contributed by atoms with van der Waals surface area (Å²) in [5.41, 5.74) is 0.585. The molecule has 2 fully saturated rings. The Labute approximate surface area is 123 Å². The minimum Gasteiger partial charge on any atom is -0.479 e. The van der Waals surface area contributed by atoms with Gasteiger partial charge in [0.05, 0.1) is 18.6 Å². The lowest BCUT2D eigenvalue weighted by molar-refractivity contribution is -0.162. The minimum atomic E-state index is -1.00. The summed E-state index contributed by atoms with van der Waals surface area (Å²) >= 11 is 0. The molecule has 21 heavy (non-hydrogen) atoms. The highest BCUT2D eigenvalue weighted by molar-refractivity contribution is 5.90. The van der Waals surface area contributed by atoms with Crippen LogP contribution in [0.4, 0.5) is 0 Å². The van der Waals surface area contributed by atoms with E-state index in [9.17, 15) is 9.59 Å². The number of rotatable bonds is 3. The molecule has 1 heterocycles. The topological polar surface area (TPSA) is 66.8 Å². The summed E-state index contributed by atoms with van der Waals surface area (Å²) in [6.07, 6.45) is 1.80. The van der Waals surface area contributed by atoms with Crippen LogP contribution in [-0.4, -0.2) is 47.7 Å². The number of ether oxygens (including phenoxy) is 1. The van der Waals surface area contributed by atoms with Crippen molar-refractivity contribution >= 4 is 11.9 Å². The fourth-order valence-electron chi connectivity index (χ4n) is 3.20. The first-order valence-corrected chi connectivity index (χ1v) is 7.33. The molecular formula is C16H19NO4. The second kappa shape index (κ2) is 5.48. The van der Waals surface area contributed by atoms with Crippen LogP contribution in [0, 0.1) is 0 Å². The summed E-state index contributed by atoms with van der Waals surface area (Å²) in [5.74, 6) is -0.954. The molecule has 5 heteroatoms. The van der Waals surface area contributed by atoms with Crippen molar-refractivity contribution in [1.82, 2.24) is 4.90 Å². The second-order valence-electron chi connectivity index (χ2n) is 5.75. The molecule has 0 spiro atoms. The van der Waals surface area contributed by atoms with E-state index in [-0.39, 0.29) is 19.1 Å². The van der Waals surface area contributed by atoms with Gasteiger partial charge in [0.1, 0.15) is 0 Å². The Morgan fingerprint density at radius 3 is 2.52 bits per heavy atom. The van der Waals surface area contributed by atoms with Gasteiger partial charge in [0.15, 0.2) is 6.10 Å². The van der Waals surface area contributed by atoms with Gasteiger partial charge in [-0.1, -0.05) is 36.8 Å². The van der Waals surface area contributed by atoms with E-state index in [1.54, 1.807) is 4.90 Å². The standard InChI is InChI=1S/C16H19NO4/c18-14(19)13-11-17(9-10-21-13)15(20)16(7-4-8-16)12-5-2-1-3-6-12/h1-3,5-6,13H,4,7-11H2,(H,18,19). The second-order valence-corrected chi connectivity index (χ2v) is 5.75. The van der Waals surface area contributed by atoms with Crippen molar-refractivity contribution < 1.29 is 19.4 Å². The van der Waals surface area contributed by atoms with Crippen molar-refractivity contribution in [2.45, 2.75) is 30.8 Å². The van der Waals surface area contributed by atoms with Crippen molar-refractivity contribution in [2.75, 3.05) is 19.7 Å². The molecular weight excluding hydrogens is 270 g/mol. The number of amides is 1. The summed E-state index contributed by atoms with van der Waals surface area (Å²) in [4.78, 5) is 25.7. The number of nitrogens with zero attached hydrogens (tertiary/aromatic N) is 1. The lowest BCUT2D eigenvalue weighted by Gasteiger charge is -2.45. The summed E-state index contributed by atoms with van der Waals surface area (Å²) in [6.45, 7) is 0.896. The van der Waals surface area contributed by atoms with Gasteiger partial charge >= 0.3 is 5.97 Å². The van der Waals surface area contributed by atoms with E-state index in [0.717, 1.165) is 24.8 Å². The maximum absolute atomic E-state index is 12.9. The Hall–Kier alpha value is -1.88. The quantitative estimate of drug-likeness (QED) is 0.914. The largest absolute Gasteiger partial charge is 0.479 e. The molecule has 0 bridgehead atoms. The molecule has 3 rings (SSSR count). The molecule has 1 saturated carbocycles. The fourth-order valence-corrected chi connectivity index (χ4v) is 3.20. The normalized spacial score (nSPS) is 24.2. The van der Waals surface area contributed by atoms with Gasteiger partial charge in [0, 0.05) is 6.54 Å². The molecule has 0 aromatic heterocycles. The predicted molar refractivity (Wildman–Crippen MR) is 75.9 cm³/mol. The van der Waals surface area contributed by atoms with Crippen LogP contribution in [0.15, 0.2) is 30.3 Å². The number of carboxylic acids is 1. The lowest BCUT2D eigenvalue weighted by atomic mass is 9.63. The Kier molecular flexibility index (Phi) is 3.68.